The van der Waals surface area contributed by atoms with Gasteiger partial charge in [0, 0.05) is 23.0 Å². The predicted octanol–water partition coefficient (Wildman–Crippen LogP) is 14.0. The van der Waals surface area contributed by atoms with Crippen molar-refractivity contribution in [1.29, 1.82) is 0 Å². The first-order valence-corrected chi connectivity index (χ1v) is 19.6. The number of hydrogen-bond acceptors (Lipinski definition) is 1. The summed E-state index contributed by atoms with van der Waals surface area (Å²) >= 11 is 0. The zero-order chi connectivity index (χ0) is 36.6. The Kier molecular flexibility index (Phi) is 9.29. The quantitative estimate of drug-likeness (QED) is 0.0813. The van der Waals surface area contributed by atoms with E-state index >= 15 is 0 Å². The average Bonchev–Trinajstić information content (AvgIpc) is 3.75. The first kappa shape index (κ1) is 34.7. The lowest BCUT2D eigenvalue weighted by Crippen LogP contribution is -2.29. The lowest BCUT2D eigenvalue weighted by Gasteiger charge is -2.35. The van der Waals surface area contributed by atoms with Gasteiger partial charge in [-0.25, -0.2) is 0 Å². The molecule has 0 radical (unpaired) electrons. The molecule has 264 valence electrons. The number of hydrogen-bond donors (Lipinski definition) is 0. The van der Waals surface area contributed by atoms with E-state index in [-0.39, 0.29) is 10.8 Å². The van der Waals surface area contributed by atoms with E-state index in [0.717, 1.165) is 44.9 Å². The zero-order valence-electron chi connectivity index (χ0n) is 31.7. The number of benzene rings is 4. The van der Waals surface area contributed by atoms with E-state index in [1.165, 1.54) is 72.6 Å². The van der Waals surface area contributed by atoms with Gasteiger partial charge in [0.1, 0.15) is 0 Å². The molecular weight excluding hydrogens is 639 g/mol. The third-order valence-electron chi connectivity index (χ3n) is 12.0. The molecule has 1 unspecified atom stereocenters. The second-order valence-electron chi connectivity index (χ2n) is 15.4. The molecule has 4 aromatic carbocycles. The highest BCUT2D eigenvalue weighted by Gasteiger charge is 2.51. The molecule has 0 aromatic heterocycles. The number of fused-ring (bicyclic) bond motifs is 9. The minimum atomic E-state index is -0.304. The van der Waals surface area contributed by atoms with Gasteiger partial charge in [0.2, 0.25) is 0 Å². The molecule has 4 aromatic rings. The van der Waals surface area contributed by atoms with Gasteiger partial charge in [-0.2, -0.15) is 0 Å². The summed E-state index contributed by atoms with van der Waals surface area (Å²) in [5.74, 6) is 0. The van der Waals surface area contributed by atoms with E-state index in [0.29, 0.717) is 0 Å². The summed E-state index contributed by atoms with van der Waals surface area (Å²) in [6.45, 7) is 15.1. The Bertz CT molecular complexity index is 2290. The lowest BCUT2D eigenvalue weighted by atomic mass is 9.67. The molecule has 8 rings (SSSR count). The standard InChI is InChI=1S/C52H51N/c1-6-9-10-21-37(19-7-2)32-33-53(41-30-31-45-42-23-12-16-27-47(42)51(4,5)50(45)36-41)40(20-8-3)35-39-34-38-22-11-15-26-46(38)52(39)48-28-17-13-24-43(48)44-25-14-18-29-49(44)52/h6-7,11-17,19,22-28,30-36H,1-2,8-10,18,20-21,29H2,3-5H3/b33-32-,37-19-,40-35+. The van der Waals surface area contributed by atoms with Gasteiger partial charge in [-0.3, -0.25) is 0 Å². The second kappa shape index (κ2) is 14.2. The second-order valence-corrected chi connectivity index (χ2v) is 15.4. The Morgan fingerprint density at radius 2 is 1.55 bits per heavy atom. The number of allylic oxidation sites excluding steroid dienone is 12. The topological polar surface area (TPSA) is 3.24 Å². The van der Waals surface area contributed by atoms with E-state index in [4.69, 9.17) is 0 Å². The van der Waals surface area contributed by atoms with Gasteiger partial charge in [-0.1, -0.05) is 143 Å². The Balaban J connectivity index is 1.32. The Morgan fingerprint density at radius 1 is 0.811 bits per heavy atom. The zero-order valence-corrected chi connectivity index (χ0v) is 31.7. The maximum Gasteiger partial charge on any atom is 0.0683 e. The van der Waals surface area contributed by atoms with E-state index < -0.39 is 0 Å². The number of rotatable bonds is 12. The van der Waals surface area contributed by atoms with Crippen LogP contribution in [-0.4, -0.2) is 0 Å². The Labute approximate surface area is 317 Å². The van der Waals surface area contributed by atoms with E-state index in [9.17, 15) is 0 Å². The van der Waals surface area contributed by atoms with Crippen LogP contribution >= 0.6 is 0 Å². The summed E-state index contributed by atoms with van der Waals surface area (Å²) in [7, 11) is 0. The maximum absolute atomic E-state index is 4.06. The van der Waals surface area contributed by atoms with E-state index in [1.807, 2.05) is 12.2 Å². The van der Waals surface area contributed by atoms with Crippen LogP contribution in [0.4, 0.5) is 5.69 Å². The van der Waals surface area contributed by atoms with Gasteiger partial charge in [0.05, 0.1) is 5.41 Å². The van der Waals surface area contributed by atoms with Crippen LogP contribution in [0.5, 0.6) is 0 Å². The van der Waals surface area contributed by atoms with Crippen LogP contribution < -0.4 is 4.90 Å². The normalized spacial score (nSPS) is 19.2. The molecule has 1 heteroatoms. The van der Waals surface area contributed by atoms with Gasteiger partial charge < -0.3 is 4.90 Å². The fraction of sp³-hybridized carbons (Fsp3) is 0.231. The van der Waals surface area contributed by atoms with Crippen molar-refractivity contribution in [1.82, 2.24) is 0 Å². The maximum atomic E-state index is 4.06. The van der Waals surface area contributed by atoms with Crippen molar-refractivity contribution in [3.63, 3.8) is 0 Å². The van der Waals surface area contributed by atoms with Crippen molar-refractivity contribution in [2.24, 2.45) is 0 Å². The van der Waals surface area contributed by atoms with E-state index in [1.54, 1.807) is 5.57 Å². The van der Waals surface area contributed by atoms with Crippen molar-refractivity contribution < 1.29 is 0 Å². The highest BCUT2D eigenvalue weighted by Crippen LogP contribution is 2.61. The molecule has 0 N–H and O–H groups in total. The monoisotopic (exact) mass is 689 g/mol. The number of anilines is 1. The fourth-order valence-corrected chi connectivity index (χ4v) is 9.58. The molecule has 0 aliphatic heterocycles. The van der Waals surface area contributed by atoms with Crippen LogP contribution in [0, 0.1) is 0 Å². The average molecular weight is 690 g/mol. The number of unbranched alkanes of at least 4 members (excludes halogenated alkanes) is 1. The summed E-state index contributed by atoms with van der Waals surface area (Å²) in [6.07, 6.45) is 27.7. The summed E-state index contributed by atoms with van der Waals surface area (Å²) in [4.78, 5) is 2.49. The van der Waals surface area contributed by atoms with Crippen LogP contribution in [0.25, 0.3) is 22.8 Å². The van der Waals surface area contributed by atoms with Gasteiger partial charge in [-0.05, 0) is 136 Å². The van der Waals surface area contributed by atoms with Gasteiger partial charge in [-0.15, -0.1) is 6.58 Å². The molecule has 0 bridgehead atoms. The van der Waals surface area contributed by atoms with Crippen LogP contribution in [-0.2, 0) is 10.8 Å². The molecule has 1 spiro atoms. The molecule has 0 saturated carbocycles. The van der Waals surface area contributed by atoms with Crippen molar-refractivity contribution in [2.45, 2.75) is 76.5 Å². The molecule has 4 aliphatic carbocycles. The Hall–Kier alpha value is -5.40. The smallest absolute Gasteiger partial charge is 0.0683 e. The van der Waals surface area contributed by atoms with Crippen LogP contribution in [0.2, 0.25) is 0 Å². The third kappa shape index (κ3) is 5.69. The first-order valence-electron chi connectivity index (χ1n) is 19.6. The molecule has 0 saturated heterocycles. The predicted molar refractivity (Wildman–Crippen MR) is 228 cm³/mol. The van der Waals surface area contributed by atoms with Gasteiger partial charge >= 0.3 is 0 Å². The molecule has 1 nitrogen and oxygen atoms in total. The summed E-state index contributed by atoms with van der Waals surface area (Å²) in [5.41, 5.74) is 18.7. The van der Waals surface area contributed by atoms with Crippen LogP contribution in [0.1, 0.15) is 99.1 Å². The largest absolute Gasteiger partial charge is 0.321 e. The Morgan fingerprint density at radius 3 is 2.34 bits per heavy atom. The van der Waals surface area contributed by atoms with E-state index in [2.05, 4.69) is 172 Å². The first-order chi connectivity index (χ1) is 25.9. The molecule has 0 heterocycles. The minimum Gasteiger partial charge on any atom is -0.321 e. The summed E-state index contributed by atoms with van der Waals surface area (Å²) in [5, 5.41) is 0. The summed E-state index contributed by atoms with van der Waals surface area (Å²) < 4.78 is 0. The highest BCUT2D eigenvalue weighted by molar-refractivity contribution is 5.95. The molecular formula is C52H51N. The lowest BCUT2D eigenvalue weighted by molar-refractivity contribution is 0.660. The van der Waals surface area contributed by atoms with Crippen molar-refractivity contribution in [3.8, 4) is 11.1 Å². The van der Waals surface area contributed by atoms with Gasteiger partial charge in [0.25, 0.3) is 0 Å². The van der Waals surface area contributed by atoms with Crippen molar-refractivity contribution in [3.05, 3.63) is 209 Å². The van der Waals surface area contributed by atoms with Crippen molar-refractivity contribution in [2.75, 3.05) is 4.90 Å². The summed E-state index contributed by atoms with van der Waals surface area (Å²) in [6, 6.07) is 34.4. The molecule has 53 heavy (non-hydrogen) atoms. The van der Waals surface area contributed by atoms with Gasteiger partial charge in [0.15, 0.2) is 0 Å². The fourth-order valence-electron chi connectivity index (χ4n) is 9.58. The highest BCUT2D eigenvalue weighted by atomic mass is 15.1. The third-order valence-corrected chi connectivity index (χ3v) is 12.0. The molecule has 0 fully saturated rings. The van der Waals surface area contributed by atoms with Crippen LogP contribution in [0.15, 0.2) is 175 Å². The minimum absolute atomic E-state index is 0.0881. The SMILES string of the molecule is C=C/C=C(\C=C/N(/C(=C/C1=Cc2ccccc2C12C1=C(C=CCC1)c1ccccc12)CCC)c1ccc2c(c1)C(C)(C)c1ccccc1-2)CCCC=C. The van der Waals surface area contributed by atoms with Crippen LogP contribution in [0.3, 0.4) is 0 Å². The molecule has 1 atom stereocenters. The molecule has 4 aliphatic rings. The molecule has 0 amide bonds. The number of nitrogens with zero attached hydrogens (tertiary/aromatic N) is 1. The van der Waals surface area contributed by atoms with Crippen molar-refractivity contribution >= 4 is 17.3 Å².